The van der Waals surface area contributed by atoms with Crippen LogP contribution in [0.2, 0.25) is 0 Å². The van der Waals surface area contributed by atoms with Gasteiger partial charge in [0.1, 0.15) is 22.9 Å². The van der Waals surface area contributed by atoms with Crippen molar-refractivity contribution < 1.29 is 32.1 Å². The van der Waals surface area contributed by atoms with Gasteiger partial charge in [-0.25, -0.2) is 17.6 Å². The van der Waals surface area contributed by atoms with Gasteiger partial charge in [-0.2, -0.15) is 9.97 Å². The SMILES string of the molecule is Oc1cc(-c2c(F)cc3c(N4CC5CCC(C4)N5)nc(OCC4(CN5C[C@@H]6C[C@H]5CO6)CC4)nc3c2F)c2c(F)c(F)ccc2c1. The van der Waals surface area contributed by atoms with Crippen molar-refractivity contribution in [1.29, 1.82) is 0 Å². The number of piperazine rings is 1. The summed E-state index contributed by atoms with van der Waals surface area (Å²) in [5, 5.41) is 13.9. The molecule has 4 atom stereocenters. The highest BCUT2D eigenvalue weighted by atomic mass is 19.2. The maximum atomic E-state index is 16.7. The van der Waals surface area contributed by atoms with Crippen molar-refractivity contribution >= 4 is 27.5 Å². The number of nitrogens with zero attached hydrogens (tertiary/aromatic N) is 4. The van der Waals surface area contributed by atoms with Crippen LogP contribution in [0.3, 0.4) is 0 Å². The molecule has 46 heavy (non-hydrogen) atoms. The van der Waals surface area contributed by atoms with E-state index in [0.29, 0.717) is 37.7 Å². The zero-order chi connectivity index (χ0) is 31.3. The van der Waals surface area contributed by atoms with E-state index >= 15 is 13.2 Å². The second-order valence-electron chi connectivity index (χ2n) is 13.8. The van der Waals surface area contributed by atoms with E-state index in [9.17, 15) is 9.50 Å². The molecule has 1 saturated carbocycles. The molecule has 9 rings (SSSR count). The molecule has 5 aliphatic rings. The van der Waals surface area contributed by atoms with Crippen LogP contribution in [0.4, 0.5) is 23.4 Å². The van der Waals surface area contributed by atoms with Crippen LogP contribution in [0.5, 0.6) is 11.8 Å². The smallest absolute Gasteiger partial charge is 0.319 e. The highest BCUT2D eigenvalue weighted by molar-refractivity contribution is 6.02. The average molecular weight is 636 g/mol. The fraction of sp³-hybridized carbons (Fsp3) is 0.471. The van der Waals surface area contributed by atoms with E-state index in [0.717, 1.165) is 70.0 Å². The van der Waals surface area contributed by atoms with E-state index in [-0.39, 0.29) is 56.5 Å². The number of halogens is 4. The van der Waals surface area contributed by atoms with E-state index < -0.39 is 28.8 Å². The maximum absolute atomic E-state index is 16.7. The quantitative estimate of drug-likeness (QED) is 0.266. The van der Waals surface area contributed by atoms with E-state index in [4.69, 9.17) is 14.5 Å². The first-order valence-corrected chi connectivity index (χ1v) is 16.0. The molecule has 0 amide bonds. The van der Waals surface area contributed by atoms with Crippen LogP contribution < -0.4 is 15.0 Å². The normalized spacial score (nSPS) is 26.5. The Hall–Kier alpha value is -3.74. The van der Waals surface area contributed by atoms with Gasteiger partial charge >= 0.3 is 6.01 Å². The van der Waals surface area contributed by atoms with Gasteiger partial charge in [0.2, 0.25) is 0 Å². The molecule has 240 valence electrons. The number of hydrogen-bond donors (Lipinski definition) is 2. The molecule has 4 saturated heterocycles. The van der Waals surface area contributed by atoms with Crippen molar-refractivity contribution in [1.82, 2.24) is 20.2 Å². The van der Waals surface area contributed by atoms with Gasteiger partial charge in [-0.15, -0.1) is 0 Å². The third-order valence-electron chi connectivity index (χ3n) is 10.6. The second kappa shape index (κ2) is 10.4. The number of hydrogen-bond acceptors (Lipinski definition) is 8. The Morgan fingerprint density at radius 1 is 0.978 bits per heavy atom. The number of benzene rings is 3. The Labute approximate surface area is 262 Å². The summed E-state index contributed by atoms with van der Waals surface area (Å²) < 4.78 is 74.3. The van der Waals surface area contributed by atoms with Crippen molar-refractivity contribution in [2.24, 2.45) is 5.41 Å². The van der Waals surface area contributed by atoms with Gasteiger partial charge in [-0.1, -0.05) is 6.07 Å². The molecule has 12 heteroatoms. The van der Waals surface area contributed by atoms with Crippen LogP contribution in [0.15, 0.2) is 30.3 Å². The molecule has 2 N–H and O–H groups in total. The van der Waals surface area contributed by atoms with Crippen molar-refractivity contribution in [3.05, 3.63) is 53.6 Å². The maximum Gasteiger partial charge on any atom is 0.319 e. The predicted molar refractivity (Wildman–Crippen MR) is 163 cm³/mol. The lowest BCUT2D eigenvalue weighted by molar-refractivity contribution is 0.0176. The minimum Gasteiger partial charge on any atom is -0.508 e. The summed E-state index contributed by atoms with van der Waals surface area (Å²) in [6.07, 6.45) is 5.36. The zero-order valence-corrected chi connectivity index (χ0v) is 25.0. The fourth-order valence-corrected chi connectivity index (χ4v) is 8.11. The summed E-state index contributed by atoms with van der Waals surface area (Å²) in [5.41, 5.74) is -1.16. The molecule has 4 bridgehead atoms. The van der Waals surface area contributed by atoms with Crippen LogP contribution >= 0.6 is 0 Å². The Bertz CT molecular complexity index is 1890. The lowest BCUT2D eigenvalue weighted by Crippen LogP contribution is -2.51. The van der Waals surface area contributed by atoms with Crippen LogP contribution in [-0.4, -0.2) is 83.6 Å². The van der Waals surface area contributed by atoms with Gasteiger partial charge in [-0.3, -0.25) is 4.90 Å². The van der Waals surface area contributed by atoms with Gasteiger partial charge in [0, 0.05) is 66.1 Å². The lowest BCUT2D eigenvalue weighted by atomic mass is 9.95. The molecule has 3 aromatic carbocycles. The molecule has 4 aliphatic heterocycles. The minimum atomic E-state index is -1.26. The van der Waals surface area contributed by atoms with Crippen molar-refractivity contribution in [2.75, 3.05) is 44.3 Å². The molecule has 5 heterocycles. The van der Waals surface area contributed by atoms with Crippen LogP contribution in [-0.2, 0) is 4.74 Å². The summed E-state index contributed by atoms with van der Waals surface area (Å²) in [5.74, 6) is -4.46. The van der Waals surface area contributed by atoms with E-state index in [1.54, 1.807) is 0 Å². The number of likely N-dealkylation sites (tertiary alicyclic amines) is 1. The summed E-state index contributed by atoms with van der Waals surface area (Å²) >= 11 is 0. The Kier molecular flexibility index (Phi) is 6.43. The Morgan fingerprint density at radius 2 is 1.78 bits per heavy atom. The largest absolute Gasteiger partial charge is 0.508 e. The number of nitrogens with one attached hydrogen (secondary N) is 1. The monoisotopic (exact) mass is 635 g/mol. The molecule has 1 aromatic heterocycles. The van der Waals surface area contributed by atoms with Crippen LogP contribution in [0, 0.1) is 28.7 Å². The number of morpholine rings is 1. The van der Waals surface area contributed by atoms with Crippen molar-refractivity contribution in [2.45, 2.75) is 56.3 Å². The summed E-state index contributed by atoms with van der Waals surface area (Å²) in [6, 6.07) is 6.45. The van der Waals surface area contributed by atoms with Crippen LogP contribution in [0.1, 0.15) is 32.1 Å². The molecule has 0 radical (unpaired) electrons. The number of phenols is 1. The number of rotatable bonds is 7. The van der Waals surface area contributed by atoms with Gasteiger partial charge in [0.15, 0.2) is 17.5 Å². The lowest BCUT2D eigenvalue weighted by Gasteiger charge is -2.34. The first kappa shape index (κ1) is 28.5. The Balaban J connectivity index is 1.14. The minimum absolute atomic E-state index is 0.0135. The molecule has 2 unspecified atom stereocenters. The highest BCUT2D eigenvalue weighted by Gasteiger charge is 2.49. The number of aromatic nitrogens is 2. The predicted octanol–water partition coefficient (Wildman–Crippen LogP) is 5.28. The zero-order valence-electron chi connectivity index (χ0n) is 25.0. The molecule has 4 aromatic rings. The first-order chi connectivity index (χ1) is 22.2. The standard InChI is InChI=1S/C34H33F4N5O3/c35-25-4-1-17-7-21(44)9-23(27(17)29(25)37)28-26(36)10-24-31(30(28)38)40-33(41-32(24)42-11-18-2-3-19(12-42)39-18)46-16-34(5-6-34)15-43-13-22-8-20(43)14-45-22/h1,4,7,9-10,18-20,22,39,44H,2-3,5-6,8,11-16H2/t18?,19?,20-,22-/m0/s1. The molecule has 0 spiro atoms. The Morgan fingerprint density at radius 3 is 2.50 bits per heavy atom. The van der Waals surface area contributed by atoms with E-state index in [2.05, 4.69) is 15.2 Å². The van der Waals surface area contributed by atoms with Crippen molar-refractivity contribution in [3.63, 3.8) is 0 Å². The third kappa shape index (κ3) is 4.67. The van der Waals surface area contributed by atoms with Gasteiger partial charge in [-0.05, 0) is 61.8 Å². The molecule has 1 aliphatic carbocycles. The average Bonchev–Trinajstić information content (AvgIpc) is 3.29. The van der Waals surface area contributed by atoms with Gasteiger partial charge in [0.05, 0.1) is 24.9 Å². The molecule has 5 fully saturated rings. The number of ether oxygens (including phenoxy) is 2. The highest BCUT2D eigenvalue weighted by Crippen LogP contribution is 2.48. The third-order valence-corrected chi connectivity index (χ3v) is 10.6. The van der Waals surface area contributed by atoms with Crippen LogP contribution in [0.25, 0.3) is 32.8 Å². The van der Waals surface area contributed by atoms with Gasteiger partial charge in [0.25, 0.3) is 0 Å². The summed E-state index contributed by atoms with van der Waals surface area (Å²) in [4.78, 5) is 13.7. The number of anilines is 1. The first-order valence-electron chi connectivity index (χ1n) is 16.0. The fourth-order valence-electron chi connectivity index (χ4n) is 8.11. The van der Waals surface area contributed by atoms with E-state index in [1.807, 2.05) is 4.90 Å². The summed E-state index contributed by atoms with van der Waals surface area (Å²) in [6.45, 7) is 4.14. The number of aromatic hydroxyl groups is 1. The van der Waals surface area contributed by atoms with Gasteiger partial charge < -0.3 is 24.8 Å². The molecule has 8 nitrogen and oxygen atoms in total. The number of phenolic OH excluding ortho intramolecular Hbond substituents is 1. The van der Waals surface area contributed by atoms with E-state index in [1.165, 1.54) is 12.1 Å². The number of fused-ring (bicyclic) bond motifs is 6. The second-order valence-corrected chi connectivity index (χ2v) is 13.8. The molecular formula is C34H33F4N5O3. The van der Waals surface area contributed by atoms with Crippen molar-refractivity contribution in [3.8, 4) is 22.9 Å². The topological polar surface area (TPSA) is 83.0 Å². The molecular weight excluding hydrogens is 602 g/mol. The summed E-state index contributed by atoms with van der Waals surface area (Å²) in [7, 11) is 0.